The molecule has 0 fully saturated rings. The molecule has 0 aromatic heterocycles. The smallest absolute Gasteiger partial charge is 0.407 e. The summed E-state index contributed by atoms with van der Waals surface area (Å²) in [4.78, 5) is 35.8. The second-order valence-corrected chi connectivity index (χ2v) is 9.53. The Labute approximate surface area is 227 Å². The summed E-state index contributed by atoms with van der Waals surface area (Å²) >= 11 is 0. The van der Waals surface area contributed by atoms with Crippen LogP contribution >= 0.6 is 0 Å². The van der Waals surface area contributed by atoms with Crippen molar-refractivity contribution in [3.8, 4) is 5.75 Å². The molecule has 1 aromatic carbocycles. The Morgan fingerprint density at radius 2 is 1.82 bits per heavy atom. The first-order valence-corrected chi connectivity index (χ1v) is 13.5. The molecule has 1 aliphatic carbocycles. The monoisotopic (exact) mass is 530 g/mol. The molecule has 9 nitrogen and oxygen atoms in total. The van der Waals surface area contributed by atoms with Crippen LogP contribution in [0.25, 0.3) is 0 Å². The van der Waals surface area contributed by atoms with E-state index in [1.54, 1.807) is 0 Å². The number of allylic oxidation sites excluding steroid dienone is 2. The molecular formula is C29H46N4O5. The standard InChI is InChI=1S/C18H30N4O4.C11H16O/c1-13(2)10-15(17(24)20-9-8-19)22-16(23)11-21-18(25)26-12-14-6-4-3-5-7-14;1-3-4-9-12-11-7-5-10(2)6-8-11/h4,6-7,13,15H,3,5,8-12,19H2,1-2H3,(H,20,24)(H,21,25)(H,22,23);5-8H,3-4,9H2,1-2H3/t15-;/m0./s1. The average Bonchev–Trinajstić information content (AvgIpc) is 2.91. The predicted molar refractivity (Wildman–Crippen MR) is 151 cm³/mol. The minimum absolute atomic E-state index is 0.168. The molecule has 0 heterocycles. The molecule has 1 aromatic rings. The number of amides is 3. The number of nitrogens with two attached hydrogens (primary N) is 1. The summed E-state index contributed by atoms with van der Waals surface area (Å²) in [5, 5.41) is 7.68. The lowest BCUT2D eigenvalue weighted by Gasteiger charge is -2.20. The van der Waals surface area contributed by atoms with E-state index in [1.807, 2.05) is 44.2 Å². The van der Waals surface area contributed by atoms with Crippen LogP contribution in [0, 0.1) is 12.8 Å². The van der Waals surface area contributed by atoms with Gasteiger partial charge in [0.1, 0.15) is 24.9 Å². The molecule has 0 aliphatic heterocycles. The van der Waals surface area contributed by atoms with Crippen LogP contribution in [0.2, 0.25) is 0 Å². The van der Waals surface area contributed by atoms with Gasteiger partial charge in [-0.25, -0.2) is 4.79 Å². The first-order chi connectivity index (χ1) is 18.2. The lowest BCUT2D eigenvalue weighted by molar-refractivity contribution is -0.128. The zero-order valence-electron chi connectivity index (χ0n) is 23.4. The van der Waals surface area contributed by atoms with Crippen LogP contribution in [0.3, 0.4) is 0 Å². The highest BCUT2D eigenvalue weighted by molar-refractivity contribution is 5.89. The molecule has 5 N–H and O–H groups in total. The lowest BCUT2D eigenvalue weighted by Crippen LogP contribution is -2.50. The Bertz CT molecular complexity index is 897. The van der Waals surface area contributed by atoms with Crippen molar-refractivity contribution in [2.75, 3.05) is 32.8 Å². The van der Waals surface area contributed by atoms with E-state index in [0.717, 1.165) is 37.2 Å². The molecule has 1 aliphatic rings. The molecule has 0 spiro atoms. The number of rotatable bonds is 14. The lowest BCUT2D eigenvalue weighted by atomic mass is 10.0. The fraction of sp³-hybridized carbons (Fsp3) is 0.552. The zero-order chi connectivity index (χ0) is 28.2. The van der Waals surface area contributed by atoms with E-state index in [4.69, 9.17) is 15.2 Å². The number of unbranched alkanes of at least 4 members (excludes halogenated alkanes) is 1. The maximum Gasteiger partial charge on any atom is 0.407 e. The van der Waals surface area contributed by atoms with Gasteiger partial charge in [0.05, 0.1) is 6.61 Å². The van der Waals surface area contributed by atoms with Gasteiger partial charge in [-0.3, -0.25) is 9.59 Å². The molecule has 0 radical (unpaired) electrons. The fourth-order valence-corrected chi connectivity index (χ4v) is 3.36. The van der Waals surface area contributed by atoms with Gasteiger partial charge in [0.25, 0.3) is 0 Å². The normalized spacial score (nSPS) is 12.9. The second kappa shape index (κ2) is 19.7. The Balaban J connectivity index is 0.000000499. The van der Waals surface area contributed by atoms with Crippen LogP contribution in [-0.2, 0) is 14.3 Å². The minimum Gasteiger partial charge on any atom is -0.494 e. The van der Waals surface area contributed by atoms with Gasteiger partial charge in [0, 0.05) is 13.1 Å². The van der Waals surface area contributed by atoms with Gasteiger partial charge >= 0.3 is 6.09 Å². The van der Waals surface area contributed by atoms with Gasteiger partial charge in [0.2, 0.25) is 11.8 Å². The summed E-state index contributed by atoms with van der Waals surface area (Å²) in [6, 6.07) is 7.52. The number of alkyl carbamates (subject to hydrolysis) is 1. The van der Waals surface area contributed by atoms with Crippen molar-refractivity contribution < 1.29 is 23.9 Å². The minimum atomic E-state index is -0.673. The van der Waals surface area contributed by atoms with Crippen molar-refractivity contribution >= 4 is 17.9 Å². The van der Waals surface area contributed by atoms with Crippen LogP contribution in [0.15, 0.2) is 48.1 Å². The molecule has 0 saturated carbocycles. The van der Waals surface area contributed by atoms with Crippen LogP contribution in [0.5, 0.6) is 5.75 Å². The number of aryl methyl sites for hydroxylation is 1. The highest BCUT2D eigenvalue weighted by atomic mass is 16.5. The van der Waals surface area contributed by atoms with Crippen molar-refractivity contribution in [1.82, 2.24) is 16.0 Å². The Hall–Kier alpha value is -3.33. The number of carbonyl (C=O) groups excluding carboxylic acids is 3. The largest absolute Gasteiger partial charge is 0.494 e. The van der Waals surface area contributed by atoms with E-state index in [1.165, 1.54) is 12.0 Å². The van der Waals surface area contributed by atoms with Gasteiger partial charge in [-0.1, -0.05) is 63.1 Å². The summed E-state index contributed by atoms with van der Waals surface area (Å²) in [6.07, 6.45) is 10.0. The number of carbonyl (C=O) groups is 3. The number of ether oxygens (including phenoxy) is 2. The molecule has 9 heteroatoms. The van der Waals surface area contributed by atoms with Crippen LogP contribution in [0.1, 0.15) is 58.4 Å². The van der Waals surface area contributed by atoms with E-state index < -0.39 is 18.0 Å². The average molecular weight is 531 g/mol. The topological polar surface area (TPSA) is 132 Å². The third-order valence-electron chi connectivity index (χ3n) is 5.42. The number of hydrogen-bond donors (Lipinski definition) is 4. The molecule has 0 saturated heterocycles. The van der Waals surface area contributed by atoms with E-state index in [9.17, 15) is 14.4 Å². The van der Waals surface area contributed by atoms with Gasteiger partial charge in [0.15, 0.2) is 0 Å². The summed E-state index contributed by atoms with van der Waals surface area (Å²) in [5.41, 5.74) is 7.58. The third kappa shape index (κ3) is 15.7. The number of nitrogens with one attached hydrogen (secondary N) is 3. The van der Waals surface area contributed by atoms with Gasteiger partial charge < -0.3 is 31.2 Å². The molecule has 2 rings (SSSR count). The predicted octanol–water partition coefficient (Wildman–Crippen LogP) is 3.77. The number of benzene rings is 1. The van der Waals surface area contributed by atoms with E-state index in [0.29, 0.717) is 19.5 Å². The maximum atomic E-state index is 12.1. The maximum absolute atomic E-state index is 12.1. The highest BCUT2D eigenvalue weighted by Crippen LogP contribution is 2.12. The summed E-state index contributed by atoms with van der Waals surface area (Å²) in [7, 11) is 0. The van der Waals surface area contributed by atoms with Crippen LogP contribution in [-0.4, -0.2) is 56.8 Å². The van der Waals surface area contributed by atoms with Crippen molar-refractivity contribution in [2.24, 2.45) is 11.7 Å². The Morgan fingerprint density at radius 3 is 2.42 bits per heavy atom. The van der Waals surface area contributed by atoms with Crippen molar-refractivity contribution in [1.29, 1.82) is 0 Å². The highest BCUT2D eigenvalue weighted by Gasteiger charge is 2.21. The second-order valence-electron chi connectivity index (χ2n) is 9.53. The molecule has 38 heavy (non-hydrogen) atoms. The SMILES string of the molecule is CC(C)C[C@H](NC(=O)CNC(=O)OCC1=CCCC=C1)C(=O)NCCN.CCCCOc1ccc(C)cc1. The fourth-order valence-electron chi connectivity index (χ4n) is 3.36. The van der Waals surface area contributed by atoms with Crippen LogP contribution in [0.4, 0.5) is 4.79 Å². The van der Waals surface area contributed by atoms with Crippen molar-refractivity contribution in [3.63, 3.8) is 0 Å². The first kappa shape index (κ1) is 32.7. The molecule has 3 amide bonds. The van der Waals surface area contributed by atoms with Crippen molar-refractivity contribution in [2.45, 2.75) is 65.8 Å². The van der Waals surface area contributed by atoms with E-state index in [2.05, 4.69) is 41.9 Å². The van der Waals surface area contributed by atoms with Gasteiger partial charge in [-0.05, 0) is 56.2 Å². The molecule has 1 atom stereocenters. The Kier molecular flexibility index (Phi) is 17.0. The summed E-state index contributed by atoms with van der Waals surface area (Å²) in [5.74, 6) is 0.469. The summed E-state index contributed by atoms with van der Waals surface area (Å²) in [6.45, 7) is 9.58. The van der Waals surface area contributed by atoms with E-state index in [-0.39, 0.29) is 25.0 Å². The molecular weight excluding hydrogens is 484 g/mol. The Morgan fingerprint density at radius 1 is 1.08 bits per heavy atom. The molecule has 212 valence electrons. The van der Waals surface area contributed by atoms with E-state index >= 15 is 0 Å². The van der Waals surface area contributed by atoms with Crippen LogP contribution < -0.4 is 26.4 Å². The first-order valence-electron chi connectivity index (χ1n) is 13.5. The quantitative estimate of drug-likeness (QED) is 0.271. The molecule has 0 unspecified atom stereocenters. The van der Waals surface area contributed by atoms with Gasteiger partial charge in [-0.2, -0.15) is 0 Å². The number of hydrogen-bond acceptors (Lipinski definition) is 6. The zero-order valence-corrected chi connectivity index (χ0v) is 23.4. The summed E-state index contributed by atoms with van der Waals surface area (Å²) < 4.78 is 10.6. The van der Waals surface area contributed by atoms with Gasteiger partial charge in [-0.15, -0.1) is 0 Å². The van der Waals surface area contributed by atoms with Crippen molar-refractivity contribution in [3.05, 3.63) is 53.6 Å². The molecule has 0 bridgehead atoms. The third-order valence-corrected chi connectivity index (χ3v) is 5.42.